The predicted molar refractivity (Wildman–Crippen MR) is 127 cm³/mol. The number of halogens is 1. The molecule has 1 N–H and O–H groups in total. The van der Waals surface area contributed by atoms with Gasteiger partial charge in [-0.2, -0.15) is 5.10 Å². The molecule has 1 heterocycles. The number of carboxylic acids is 1. The van der Waals surface area contributed by atoms with Crippen LogP contribution in [0.25, 0.3) is 22.0 Å². The lowest BCUT2D eigenvalue weighted by molar-refractivity contribution is -0.136. The smallest absolute Gasteiger partial charge is 0.303 e. The maximum Gasteiger partial charge on any atom is 0.303 e. The van der Waals surface area contributed by atoms with Crippen LogP contribution < -0.4 is 4.74 Å². The van der Waals surface area contributed by atoms with Gasteiger partial charge < -0.3 is 9.84 Å². The van der Waals surface area contributed by atoms with E-state index in [4.69, 9.17) is 21.4 Å². The van der Waals surface area contributed by atoms with Crippen LogP contribution in [0.5, 0.6) is 5.75 Å². The highest BCUT2D eigenvalue weighted by Gasteiger charge is 2.12. The van der Waals surface area contributed by atoms with Gasteiger partial charge >= 0.3 is 5.97 Å². The number of aromatic nitrogens is 2. The summed E-state index contributed by atoms with van der Waals surface area (Å²) in [6, 6.07) is 19.9. The molecule has 0 amide bonds. The lowest BCUT2D eigenvalue weighted by Gasteiger charge is -2.14. The van der Waals surface area contributed by atoms with Crippen molar-refractivity contribution in [1.82, 2.24) is 9.78 Å². The van der Waals surface area contributed by atoms with Gasteiger partial charge in [-0.3, -0.25) is 9.48 Å². The molecule has 0 atom stereocenters. The molecule has 0 saturated heterocycles. The summed E-state index contributed by atoms with van der Waals surface area (Å²) in [6.07, 6.45) is 3.13. The number of carboxylic acid groups (broad SMARTS) is 1. The predicted octanol–water partition coefficient (Wildman–Crippen LogP) is 6.02. The monoisotopic (exact) mass is 448 g/mol. The van der Waals surface area contributed by atoms with Crippen molar-refractivity contribution < 1.29 is 14.6 Å². The van der Waals surface area contributed by atoms with Crippen molar-refractivity contribution in [2.24, 2.45) is 0 Å². The lowest BCUT2D eigenvalue weighted by Crippen LogP contribution is -2.04. The second-order valence-corrected chi connectivity index (χ2v) is 8.06. The number of carbonyl (C=O) groups is 1. The largest absolute Gasteiger partial charge is 0.493 e. The molecule has 32 heavy (non-hydrogen) atoms. The molecule has 4 aromatic rings. The van der Waals surface area contributed by atoms with E-state index in [1.54, 1.807) is 0 Å². The van der Waals surface area contributed by atoms with Crippen molar-refractivity contribution in [3.8, 4) is 16.9 Å². The fourth-order valence-electron chi connectivity index (χ4n) is 3.81. The molecule has 4 rings (SSSR count). The molecule has 0 bridgehead atoms. The molecule has 0 fully saturated rings. The maximum atomic E-state index is 11.0. The van der Waals surface area contributed by atoms with Crippen molar-refractivity contribution in [2.45, 2.75) is 32.7 Å². The molecular formula is C26H25ClN2O3. The van der Waals surface area contributed by atoms with Crippen molar-refractivity contribution >= 4 is 28.5 Å². The van der Waals surface area contributed by atoms with Gasteiger partial charge in [-0.05, 0) is 60.4 Å². The number of hydrogen-bond donors (Lipinski definition) is 1. The average Bonchev–Trinajstić information content (AvgIpc) is 3.22. The minimum atomic E-state index is -0.806. The minimum absolute atomic E-state index is 0.0917. The number of ether oxygens (including phenoxy) is 1. The van der Waals surface area contributed by atoms with Gasteiger partial charge in [0.15, 0.2) is 0 Å². The third-order valence-corrected chi connectivity index (χ3v) is 5.88. The van der Waals surface area contributed by atoms with E-state index >= 15 is 0 Å². The van der Waals surface area contributed by atoms with E-state index in [9.17, 15) is 4.79 Å². The Balaban J connectivity index is 1.63. The van der Waals surface area contributed by atoms with Crippen molar-refractivity contribution in [3.63, 3.8) is 0 Å². The summed E-state index contributed by atoms with van der Waals surface area (Å²) in [7, 11) is 0. The Morgan fingerprint density at radius 3 is 2.72 bits per heavy atom. The van der Waals surface area contributed by atoms with Crippen LogP contribution in [0.2, 0.25) is 5.02 Å². The molecule has 0 unspecified atom stereocenters. The summed E-state index contributed by atoms with van der Waals surface area (Å²) < 4.78 is 8.14. The Morgan fingerprint density at radius 2 is 1.94 bits per heavy atom. The van der Waals surface area contributed by atoms with Crippen LogP contribution in [0.4, 0.5) is 0 Å². The van der Waals surface area contributed by atoms with E-state index in [1.807, 2.05) is 53.3 Å². The quantitative estimate of drug-likeness (QED) is 0.340. The van der Waals surface area contributed by atoms with Gasteiger partial charge in [0.05, 0.1) is 18.3 Å². The highest BCUT2D eigenvalue weighted by Crippen LogP contribution is 2.34. The minimum Gasteiger partial charge on any atom is -0.493 e. The summed E-state index contributed by atoms with van der Waals surface area (Å²) in [5.41, 5.74) is 5.04. The van der Waals surface area contributed by atoms with E-state index in [-0.39, 0.29) is 6.42 Å². The second kappa shape index (κ2) is 9.88. The lowest BCUT2D eigenvalue weighted by atomic mass is 9.99. The van der Waals surface area contributed by atoms with Crippen LogP contribution >= 0.6 is 11.6 Å². The first-order chi connectivity index (χ1) is 15.5. The first-order valence-corrected chi connectivity index (χ1v) is 11.1. The molecule has 0 radical (unpaired) electrons. The zero-order valence-electron chi connectivity index (χ0n) is 17.9. The number of fused-ring (bicyclic) bond motifs is 1. The van der Waals surface area contributed by atoms with Gasteiger partial charge in [-0.15, -0.1) is 0 Å². The first kappa shape index (κ1) is 21.9. The first-order valence-electron chi connectivity index (χ1n) is 10.7. The van der Waals surface area contributed by atoms with E-state index in [0.717, 1.165) is 50.5 Å². The number of aryl methyl sites for hydroxylation is 2. The van der Waals surface area contributed by atoms with Crippen molar-refractivity contribution in [1.29, 1.82) is 0 Å². The average molecular weight is 449 g/mol. The summed E-state index contributed by atoms with van der Waals surface area (Å²) in [5.74, 6) is -0.0432. The third kappa shape index (κ3) is 4.94. The van der Waals surface area contributed by atoms with Gasteiger partial charge in [0, 0.05) is 35.4 Å². The van der Waals surface area contributed by atoms with Crippen LogP contribution in [0.1, 0.15) is 24.5 Å². The van der Waals surface area contributed by atoms with Crippen molar-refractivity contribution in [3.05, 3.63) is 83.0 Å². The highest BCUT2D eigenvalue weighted by molar-refractivity contribution is 6.31. The van der Waals surface area contributed by atoms with E-state index in [1.165, 1.54) is 0 Å². The Bertz CT molecular complexity index is 1250. The summed E-state index contributed by atoms with van der Waals surface area (Å²) in [4.78, 5) is 11.0. The Hall–Kier alpha value is -3.31. The summed E-state index contributed by atoms with van der Waals surface area (Å²) >= 11 is 6.27. The van der Waals surface area contributed by atoms with Crippen LogP contribution in [-0.2, 0) is 24.2 Å². The standard InChI is InChI=1S/C26H25ClN2O3/c1-2-29-24-10-9-20(16-21(24)17-28-29)22-15-18(8-12-26(30)31)7-11-25(22)32-14-13-19-5-3-4-6-23(19)27/h3-7,9-11,15-17H,2,8,12-14H2,1H3,(H,30,31). The Kier molecular flexibility index (Phi) is 6.76. The molecule has 0 aliphatic carbocycles. The maximum absolute atomic E-state index is 11.0. The van der Waals surface area contributed by atoms with Gasteiger partial charge in [-0.1, -0.05) is 41.9 Å². The fourth-order valence-corrected chi connectivity index (χ4v) is 4.04. The zero-order chi connectivity index (χ0) is 22.5. The van der Waals surface area contributed by atoms with Crippen molar-refractivity contribution in [2.75, 3.05) is 6.61 Å². The third-order valence-electron chi connectivity index (χ3n) is 5.51. The molecule has 5 nitrogen and oxygen atoms in total. The fraction of sp³-hybridized carbons (Fsp3) is 0.231. The number of benzene rings is 3. The molecule has 0 spiro atoms. The molecule has 0 aliphatic heterocycles. The van der Waals surface area contributed by atoms with E-state index < -0.39 is 5.97 Å². The molecule has 1 aromatic heterocycles. The summed E-state index contributed by atoms with van der Waals surface area (Å²) in [6.45, 7) is 3.36. The van der Waals surface area contributed by atoms with E-state index in [2.05, 4.69) is 30.2 Å². The zero-order valence-corrected chi connectivity index (χ0v) is 18.7. The van der Waals surface area contributed by atoms with Gasteiger partial charge in [0.25, 0.3) is 0 Å². The summed E-state index contributed by atoms with van der Waals surface area (Å²) in [5, 5.41) is 15.3. The van der Waals surface area contributed by atoms with E-state index in [0.29, 0.717) is 19.4 Å². The van der Waals surface area contributed by atoms with Crippen LogP contribution in [0.15, 0.2) is 66.9 Å². The highest BCUT2D eigenvalue weighted by atomic mass is 35.5. The number of hydrogen-bond acceptors (Lipinski definition) is 3. The molecule has 6 heteroatoms. The molecule has 3 aromatic carbocycles. The number of rotatable bonds is 9. The van der Waals surface area contributed by atoms with Crippen LogP contribution in [-0.4, -0.2) is 27.5 Å². The number of nitrogens with zero attached hydrogens (tertiary/aromatic N) is 2. The normalized spacial score (nSPS) is 11.1. The SMILES string of the molecule is CCn1ncc2cc(-c3cc(CCC(=O)O)ccc3OCCc3ccccc3Cl)ccc21. The van der Waals surface area contributed by atoms with Crippen LogP contribution in [0.3, 0.4) is 0 Å². The number of aliphatic carboxylic acids is 1. The Morgan fingerprint density at radius 1 is 1.09 bits per heavy atom. The molecular weight excluding hydrogens is 424 g/mol. The second-order valence-electron chi connectivity index (χ2n) is 7.65. The molecule has 0 saturated carbocycles. The topological polar surface area (TPSA) is 64.4 Å². The molecule has 164 valence electrons. The molecule has 0 aliphatic rings. The van der Waals surface area contributed by atoms with Crippen LogP contribution in [0, 0.1) is 0 Å². The van der Waals surface area contributed by atoms with Gasteiger partial charge in [-0.25, -0.2) is 0 Å². The van der Waals surface area contributed by atoms with Gasteiger partial charge in [0.2, 0.25) is 0 Å². The Labute approximate surface area is 192 Å². The van der Waals surface area contributed by atoms with Gasteiger partial charge in [0.1, 0.15) is 5.75 Å².